The Balaban J connectivity index is 2.45. The normalized spacial score (nSPS) is 19.5. The summed E-state index contributed by atoms with van der Waals surface area (Å²) < 4.78 is 5.41. The Labute approximate surface area is 129 Å². The predicted octanol–water partition coefficient (Wildman–Crippen LogP) is 2.38. The van der Waals surface area contributed by atoms with Crippen LogP contribution in [0.5, 0.6) is 0 Å². The largest absolute Gasteiger partial charge is 0.444 e. The van der Waals surface area contributed by atoms with Gasteiger partial charge in [-0.2, -0.15) is 0 Å². The maximum Gasteiger partial charge on any atom is 0.410 e. The average molecular weight is 300 g/mol. The summed E-state index contributed by atoms with van der Waals surface area (Å²) in [4.78, 5) is 13.8. The van der Waals surface area contributed by atoms with Crippen molar-refractivity contribution >= 4 is 6.09 Å². The summed E-state index contributed by atoms with van der Waals surface area (Å²) in [6.07, 6.45) is 1.57. The Bertz CT molecular complexity index is 353. The van der Waals surface area contributed by atoms with Gasteiger partial charge in [-0.05, 0) is 40.5 Å². The van der Waals surface area contributed by atoms with Gasteiger partial charge in [-0.15, -0.1) is 0 Å². The third-order valence-corrected chi connectivity index (χ3v) is 3.94. The van der Waals surface area contributed by atoms with Gasteiger partial charge in [0, 0.05) is 37.2 Å². The molecule has 0 radical (unpaired) electrons. The van der Waals surface area contributed by atoms with Crippen molar-refractivity contribution in [3.8, 4) is 0 Å². The highest BCUT2D eigenvalue weighted by molar-refractivity contribution is 5.68. The number of ether oxygens (including phenoxy) is 1. The molecule has 0 bridgehead atoms. The van der Waals surface area contributed by atoms with E-state index >= 15 is 0 Å². The molecule has 0 atom stereocenters. The van der Waals surface area contributed by atoms with Gasteiger partial charge < -0.3 is 20.1 Å². The van der Waals surface area contributed by atoms with E-state index in [1.54, 1.807) is 4.90 Å². The first kappa shape index (κ1) is 18.2. The minimum absolute atomic E-state index is 0.0188. The number of amides is 1. The number of likely N-dealkylation sites (tertiary alicyclic amines) is 1. The predicted molar refractivity (Wildman–Crippen MR) is 84.3 cm³/mol. The molecule has 2 N–H and O–H groups in total. The van der Waals surface area contributed by atoms with Crippen LogP contribution in [0.3, 0.4) is 0 Å². The molecule has 1 aliphatic heterocycles. The standard InChI is InChI=1S/C16H32N2O3/c1-14(2,3)21-13(20)18-9-7-16(6,8-10-18)17-11-15(4,5)12-19/h17,19H,7-12H2,1-6H3. The van der Waals surface area contributed by atoms with Crippen molar-refractivity contribution < 1.29 is 14.6 Å². The van der Waals surface area contributed by atoms with Crippen LogP contribution in [0, 0.1) is 5.41 Å². The number of carbonyl (C=O) groups is 1. The maximum atomic E-state index is 12.0. The zero-order chi connectivity index (χ0) is 16.3. The second-order valence-corrected chi connectivity index (χ2v) is 8.20. The van der Waals surface area contributed by atoms with E-state index in [1.165, 1.54) is 0 Å². The lowest BCUT2D eigenvalue weighted by Crippen LogP contribution is -2.55. The number of rotatable bonds is 4. The first-order valence-electron chi connectivity index (χ1n) is 7.80. The van der Waals surface area contributed by atoms with E-state index < -0.39 is 5.60 Å². The van der Waals surface area contributed by atoms with Gasteiger partial charge in [0.05, 0.1) is 0 Å². The molecule has 0 saturated carbocycles. The minimum Gasteiger partial charge on any atom is -0.444 e. The minimum atomic E-state index is -0.443. The van der Waals surface area contributed by atoms with E-state index in [1.807, 2.05) is 34.6 Å². The van der Waals surface area contributed by atoms with Gasteiger partial charge in [0.1, 0.15) is 5.60 Å². The fourth-order valence-corrected chi connectivity index (χ4v) is 2.19. The van der Waals surface area contributed by atoms with Gasteiger partial charge in [-0.1, -0.05) is 13.8 Å². The highest BCUT2D eigenvalue weighted by Gasteiger charge is 2.34. The van der Waals surface area contributed by atoms with E-state index in [0.717, 1.165) is 19.4 Å². The summed E-state index contributed by atoms with van der Waals surface area (Å²) >= 11 is 0. The fourth-order valence-electron chi connectivity index (χ4n) is 2.19. The number of hydrogen-bond acceptors (Lipinski definition) is 4. The number of nitrogens with one attached hydrogen (secondary N) is 1. The molecule has 0 aromatic carbocycles. The summed E-state index contributed by atoms with van der Waals surface area (Å²) in [5.74, 6) is 0. The first-order valence-corrected chi connectivity index (χ1v) is 7.80. The molecular formula is C16H32N2O3. The lowest BCUT2D eigenvalue weighted by atomic mass is 9.87. The Morgan fingerprint density at radius 3 is 2.19 bits per heavy atom. The van der Waals surface area contributed by atoms with E-state index in [-0.39, 0.29) is 23.7 Å². The summed E-state index contributed by atoms with van der Waals surface area (Å²) in [6, 6.07) is 0. The highest BCUT2D eigenvalue weighted by atomic mass is 16.6. The van der Waals surface area contributed by atoms with Crippen molar-refractivity contribution in [1.29, 1.82) is 0 Å². The highest BCUT2D eigenvalue weighted by Crippen LogP contribution is 2.24. The molecule has 1 aliphatic rings. The average Bonchev–Trinajstić information content (AvgIpc) is 2.35. The van der Waals surface area contributed by atoms with Crippen molar-refractivity contribution in [2.45, 2.75) is 65.5 Å². The summed E-state index contributed by atoms with van der Waals surface area (Å²) in [7, 11) is 0. The van der Waals surface area contributed by atoms with Crippen molar-refractivity contribution in [1.82, 2.24) is 10.2 Å². The quantitative estimate of drug-likeness (QED) is 0.837. The Morgan fingerprint density at radius 2 is 1.76 bits per heavy atom. The number of aliphatic hydroxyl groups is 1. The van der Waals surface area contributed by atoms with E-state index in [9.17, 15) is 9.90 Å². The molecule has 5 heteroatoms. The zero-order valence-electron chi connectivity index (χ0n) is 14.5. The van der Waals surface area contributed by atoms with Gasteiger partial charge in [-0.3, -0.25) is 0 Å². The molecule has 1 fully saturated rings. The molecule has 0 aliphatic carbocycles. The topological polar surface area (TPSA) is 61.8 Å². The first-order chi connectivity index (χ1) is 9.46. The van der Waals surface area contributed by atoms with Gasteiger partial charge in [0.15, 0.2) is 0 Å². The van der Waals surface area contributed by atoms with Gasteiger partial charge >= 0.3 is 6.09 Å². The number of piperidine rings is 1. The van der Waals surface area contributed by atoms with E-state index in [4.69, 9.17) is 4.74 Å². The monoisotopic (exact) mass is 300 g/mol. The van der Waals surface area contributed by atoms with Crippen LogP contribution in [0.1, 0.15) is 54.4 Å². The maximum absolute atomic E-state index is 12.0. The molecule has 5 nitrogen and oxygen atoms in total. The van der Waals surface area contributed by atoms with Crippen LogP contribution in [0.2, 0.25) is 0 Å². The number of hydrogen-bond donors (Lipinski definition) is 2. The number of carbonyl (C=O) groups excluding carboxylic acids is 1. The van der Waals surface area contributed by atoms with Crippen LogP contribution in [-0.2, 0) is 4.74 Å². The summed E-state index contributed by atoms with van der Waals surface area (Å²) in [5, 5.41) is 12.9. The lowest BCUT2D eigenvalue weighted by molar-refractivity contribution is 0.0148. The Hall–Kier alpha value is -0.810. The van der Waals surface area contributed by atoms with Gasteiger partial charge in [-0.25, -0.2) is 4.79 Å². The molecule has 0 spiro atoms. The summed E-state index contributed by atoms with van der Waals surface area (Å²) in [6.45, 7) is 14.3. The summed E-state index contributed by atoms with van der Waals surface area (Å²) in [5.41, 5.74) is -0.544. The van der Waals surface area contributed by atoms with Crippen molar-refractivity contribution in [2.24, 2.45) is 5.41 Å². The Morgan fingerprint density at radius 1 is 1.24 bits per heavy atom. The molecule has 0 aromatic heterocycles. The van der Waals surface area contributed by atoms with Crippen LogP contribution in [0.25, 0.3) is 0 Å². The van der Waals surface area contributed by atoms with Crippen molar-refractivity contribution in [2.75, 3.05) is 26.2 Å². The van der Waals surface area contributed by atoms with E-state index in [0.29, 0.717) is 13.1 Å². The van der Waals surface area contributed by atoms with E-state index in [2.05, 4.69) is 12.2 Å². The molecular weight excluding hydrogens is 268 g/mol. The molecule has 1 heterocycles. The molecule has 124 valence electrons. The second-order valence-electron chi connectivity index (χ2n) is 8.20. The zero-order valence-corrected chi connectivity index (χ0v) is 14.5. The SMILES string of the molecule is CC(C)(CO)CNC1(C)CCN(C(=O)OC(C)(C)C)CC1. The smallest absolute Gasteiger partial charge is 0.410 e. The molecule has 21 heavy (non-hydrogen) atoms. The third kappa shape index (κ3) is 6.22. The lowest BCUT2D eigenvalue weighted by Gasteiger charge is -2.41. The molecule has 1 rings (SSSR count). The third-order valence-electron chi connectivity index (χ3n) is 3.94. The van der Waals surface area contributed by atoms with Gasteiger partial charge in [0.2, 0.25) is 0 Å². The fraction of sp³-hybridized carbons (Fsp3) is 0.938. The van der Waals surface area contributed by atoms with Crippen LogP contribution in [0.4, 0.5) is 4.79 Å². The van der Waals surface area contributed by atoms with Crippen LogP contribution >= 0.6 is 0 Å². The molecule has 1 saturated heterocycles. The molecule has 0 aromatic rings. The Kier molecular flexibility index (Phi) is 5.67. The molecule has 1 amide bonds. The van der Waals surface area contributed by atoms with Gasteiger partial charge in [0.25, 0.3) is 0 Å². The van der Waals surface area contributed by atoms with Crippen LogP contribution < -0.4 is 5.32 Å². The number of aliphatic hydroxyl groups excluding tert-OH is 1. The van der Waals surface area contributed by atoms with Crippen LogP contribution in [-0.4, -0.2) is 53.5 Å². The van der Waals surface area contributed by atoms with Crippen molar-refractivity contribution in [3.05, 3.63) is 0 Å². The second kappa shape index (κ2) is 6.53. The van der Waals surface area contributed by atoms with Crippen LogP contribution in [0.15, 0.2) is 0 Å². The number of nitrogens with zero attached hydrogens (tertiary/aromatic N) is 1. The molecule has 0 unspecified atom stereocenters. The van der Waals surface area contributed by atoms with Crippen molar-refractivity contribution in [3.63, 3.8) is 0 Å².